The number of amides is 1. The first-order chi connectivity index (χ1) is 9.04. The monoisotopic (exact) mass is 305 g/mol. The Morgan fingerprint density at radius 3 is 2.68 bits per heavy atom. The van der Waals surface area contributed by atoms with Crippen LogP contribution in [0, 0.1) is 0 Å². The highest BCUT2D eigenvalue weighted by atomic mass is 35.5. The summed E-state index contributed by atoms with van der Waals surface area (Å²) in [7, 11) is 1.58. The summed E-state index contributed by atoms with van der Waals surface area (Å²) in [6.07, 6.45) is 0.337. The van der Waals surface area contributed by atoms with E-state index in [-0.39, 0.29) is 5.91 Å². The first kappa shape index (κ1) is 15.9. The Balaban J connectivity index is 2.37. The van der Waals surface area contributed by atoms with Gasteiger partial charge in [-0.25, -0.2) is 0 Å². The SMILES string of the molecule is COCCNC(=O)CCNc1cc(Cl)c(Cl)cc1N. The van der Waals surface area contributed by atoms with Gasteiger partial charge < -0.3 is 21.1 Å². The van der Waals surface area contributed by atoms with Crippen molar-refractivity contribution in [1.82, 2.24) is 5.32 Å². The minimum absolute atomic E-state index is 0.0526. The molecule has 0 unspecified atom stereocenters. The molecule has 0 radical (unpaired) electrons. The van der Waals surface area contributed by atoms with Gasteiger partial charge in [-0.1, -0.05) is 23.2 Å². The Bertz CT molecular complexity index is 441. The molecule has 1 amide bonds. The highest BCUT2D eigenvalue weighted by molar-refractivity contribution is 6.42. The van der Waals surface area contributed by atoms with Crippen molar-refractivity contribution in [2.24, 2.45) is 0 Å². The molecule has 1 aromatic carbocycles. The van der Waals surface area contributed by atoms with E-state index in [1.54, 1.807) is 19.2 Å². The average molecular weight is 306 g/mol. The van der Waals surface area contributed by atoms with E-state index in [1.165, 1.54) is 0 Å². The lowest BCUT2D eigenvalue weighted by Crippen LogP contribution is -2.28. The number of hydrogen-bond donors (Lipinski definition) is 3. The molecule has 0 aliphatic rings. The van der Waals surface area contributed by atoms with Crippen molar-refractivity contribution in [2.45, 2.75) is 6.42 Å². The number of nitrogens with one attached hydrogen (secondary N) is 2. The smallest absolute Gasteiger partial charge is 0.221 e. The predicted octanol–water partition coefficient (Wildman–Crippen LogP) is 2.14. The molecule has 1 rings (SSSR count). The van der Waals surface area contributed by atoms with Gasteiger partial charge in [-0.2, -0.15) is 0 Å². The minimum atomic E-state index is -0.0526. The lowest BCUT2D eigenvalue weighted by atomic mass is 10.2. The molecule has 7 heteroatoms. The molecular weight excluding hydrogens is 289 g/mol. The second-order valence-corrected chi connectivity index (χ2v) is 4.69. The summed E-state index contributed by atoms with van der Waals surface area (Å²) >= 11 is 11.7. The van der Waals surface area contributed by atoms with Crippen LogP contribution in [0.1, 0.15) is 6.42 Å². The Kier molecular flexibility index (Phi) is 6.77. The number of nitrogens with two attached hydrogens (primary N) is 1. The number of halogens is 2. The molecular formula is C12H17Cl2N3O2. The molecule has 0 aliphatic heterocycles. The zero-order chi connectivity index (χ0) is 14.3. The third-order valence-corrected chi connectivity index (χ3v) is 3.11. The minimum Gasteiger partial charge on any atom is -0.397 e. The van der Waals surface area contributed by atoms with E-state index in [1.807, 2.05) is 0 Å². The van der Waals surface area contributed by atoms with Crippen LogP contribution in [0.3, 0.4) is 0 Å². The number of hydrogen-bond acceptors (Lipinski definition) is 4. The van der Waals surface area contributed by atoms with Crippen LogP contribution in [-0.4, -0.2) is 32.7 Å². The highest BCUT2D eigenvalue weighted by Crippen LogP contribution is 2.30. The van der Waals surface area contributed by atoms with Gasteiger partial charge in [0.15, 0.2) is 0 Å². The zero-order valence-electron chi connectivity index (χ0n) is 10.6. The number of carbonyl (C=O) groups excluding carboxylic acids is 1. The molecule has 0 bridgehead atoms. The topological polar surface area (TPSA) is 76.4 Å². The molecule has 0 heterocycles. The van der Waals surface area contributed by atoms with E-state index in [4.69, 9.17) is 33.7 Å². The van der Waals surface area contributed by atoms with Crippen LogP contribution < -0.4 is 16.4 Å². The summed E-state index contributed by atoms with van der Waals surface area (Å²) < 4.78 is 4.83. The largest absolute Gasteiger partial charge is 0.397 e. The number of anilines is 2. The highest BCUT2D eigenvalue weighted by Gasteiger charge is 2.06. The average Bonchev–Trinajstić information content (AvgIpc) is 2.36. The maximum atomic E-state index is 11.4. The predicted molar refractivity (Wildman–Crippen MR) is 78.9 cm³/mol. The van der Waals surface area contributed by atoms with E-state index in [2.05, 4.69) is 10.6 Å². The van der Waals surface area contributed by atoms with Crippen molar-refractivity contribution < 1.29 is 9.53 Å². The van der Waals surface area contributed by atoms with Gasteiger partial charge in [0.2, 0.25) is 5.91 Å². The van der Waals surface area contributed by atoms with Gasteiger partial charge in [-0.15, -0.1) is 0 Å². The number of methoxy groups -OCH3 is 1. The van der Waals surface area contributed by atoms with Crippen LogP contribution in [-0.2, 0) is 9.53 Å². The molecule has 0 spiro atoms. The summed E-state index contributed by atoms with van der Waals surface area (Å²) in [5, 5.41) is 6.59. The third kappa shape index (κ3) is 5.55. The van der Waals surface area contributed by atoms with Crippen LogP contribution in [0.25, 0.3) is 0 Å². The van der Waals surface area contributed by atoms with Crippen molar-refractivity contribution >= 4 is 40.5 Å². The van der Waals surface area contributed by atoms with E-state index < -0.39 is 0 Å². The zero-order valence-corrected chi connectivity index (χ0v) is 12.1. The molecule has 0 atom stereocenters. The molecule has 0 fully saturated rings. The van der Waals surface area contributed by atoms with Crippen molar-refractivity contribution in [3.05, 3.63) is 22.2 Å². The molecule has 4 N–H and O–H groups in total. The molecule has 1 aromatic rings. The fraction of sp³-hybridized carbons (Fsp3) is 0.417. The Labute approximate surface area is 122 Å². The summed E-state index contributed by atoms with van der Waals surface area (Å²) in [5.41, 5.74) is 6.94. The first-order valence-electron chi connectivity index (χ1n) is 5.78. The number of nitrogen functional groups attached to an aromatic ring is 1. The van der Waals surface area contributed by atoms with Crippen LogP contribution in [0.15, 0.2) is 12.1 Å². The summed E-state index contributed by atoms with van der Waals surface area (Å²) in [5.74, 6) is -0.0526. The molecule has 0 saturated carbocycles. The fourth-order valence-electron chi connectivity index (χ4n) is 1.41. The van der Waals surface area contributed by atoms with Crippen molar-refractivity contribution in [1.29, 1.82) is 0 Å². The fourth-order valence-corrected chi connectivity index (χ4v) is 1.74. The number of rotatable bonds is 7. The van der Waals surface area contributed by atoms with Gasteiger partial charge in [0.05, 0.1) is 28.0 Å². The van der Waals surface area contributed by atoms with Crippen molar-refractivity contribution in [3.63, 3.8) is 0 Å². The van der Waals surface area contributed by atoms with E-state index in [0.717, 1.165) is 0 Å². The molecule has 5 nitrogen and oxygen atoms in total. The van der Waals surface area contributed by atoms with Gasteiger partial charge >= 0.3 is 0 Å². The molecule has 106 valence electrons. The van der Waals surface area contributed by atoms with Gasteiger partial charge in [-0.3, -0.25) is 4.79 Å². The Hall–Kier alpha value is -1.17. The third-order valence-electron chi connectivity index (χ3n) is 2.39. The lowest BCUT2D eigenvalue weighted by molar-refractivity contribution is -0.121. The summed E-state index contributed by atoms with van der Waals surface area (Å²) in [6.45, 7) is 1.46. The number of ether oxygens (including phenoxy) is 1. The maximum Gasteiger partial charge on any atom is 0.221 e. The number of benzene rings is 1. The summed E-state index contributed by atoms with van der Waals surface area (Å²) in [4.78, 5) is 11.4. The van der Waals surface area contributed by atoms with Crippen molar-refractivity contribution in [3.8, 4) is 0 Å². The molecule has 0 saturated heterocycles. The molecule has 0 aromatic heterocycles. The lowest BCUT2D eigenvalue weighted by Gasteiger charge is -2.10. The molecule has 19 heavy (non-hydrogen) atoms. The quantitative estimate of drug-likeness (QED) is 0.533. The maximum absolute atomic E-state index is 11.4. The van der Waals surface area contributed by atoms with Crippen LogP contribution in [0.5, 0.6) is 0 Å². The van der Waals surface area contributed by atoms with Crippen LogP contribution >= 0.6 is 23.2 Å². The van der Waals surface area contributed by atoms with E-state index in [9.17, 15) is 4.79 Å². The first-order valence-corrected chi connectivity index (χ1v) is 6.54. The van der Waals surface area contributed by atoms with Gasteiger partial charge in [0, 0.05) is 26.6 Å². The summed E-state index contributed by atoms with van der Waals surface area (Å²) in [6, 6.07) is 3.22. The second kappa shape index (κ2) is 8.09. The normalized spacial score (nSPS) is 10.3. The van der Waals surface area contributed by atoms with Gasteiger partial charge in [-0.05, 0) is 12.1 Å². The van der Waals surface area contributed by atoms with Crippen LogP contribution in [0.4, 0.5) is 11.4 Å². The van der Waals surface area contributed by atoms with Gasteiger partial charge in [0.25, 0.3) is 0 Å². The Morgan fingerprint density at radius 2 is 2.00 bits per heavy atom. The molecule has 0 aliphatic carbocycles. The number of carbonyl (C=O) groups is 1. The standard InChI is InChI=1S/C12H17Cl2N3O2/c1-19-5-4-17-12(18)2-3-16-11-7-9(14)8(13)6-10(11)15/h6-7,16H,2-5,15H2,1H3,(H,17,18). The Morgan fingerprint density at radius 1 is 1.32 bits per heavy atom. The van der Waals surface area contributed by atoms with E-state index >= 15 is 0 Å². The second-order valence-electron chi connectivity index (χ2n) is 3.87. The van der Waals surface area contributed by atoms with Crippen LogP contribution in [0.2, 0.25) is 10.0 Å². The van der Waals surface area contributed by atoms with E-state index in [0.29, 0.717) is 47.5 Å². The van der Waals surface area contributed by atoms with Crippen molar-refractivity contribution in [2.75, 3.05) is 37.9 Å². The van der Waals surface area contributed by atoms with Gasteiger partial charge in [0.1, 0.15) is 0 Å².